The zero-order valence-electron chi connectivity index (χ0n) is 18.4. The Hall–Kier alpha value is -2.03. The molecule has 2 aliphatic rings. The number of fused-ring (bicyclic) bond motifs is 1. The lowest BCUT2D eigenvalue weighted by molar-refractivity contribution is -0.000438. The highest BCUT2D eigenvalue weighted by molar-refractivity contribution is 9.10. The second kappa shape index (κ2) is 9.08. The predicted octanol–water partition coefficient (Wildman–Crippen LogP) is 5.64. The van der Waals surface area contributed by atoms with Crippen molar-refractivity contribution in [2.45, 2.75) is 58.0 Å². The molecule has 2 aromatic carbocycles. The Kier molecular flexibility index (Phi) is 6.56. The highest BCUT2D eigenvalue weighted by Crippen LogP contribution is 2.33. The van der Waals surface area contributed by atoms with E-state index in [1.54, 1.807) is 20.8 Å². The zero-order valence-corrected chi connectivity index (χ0v) is 20.0. The summed E-state index contributed by atoms with van der Waals surface area (Å²) < 4.78 is 41.2. The molecule has 2 heterocycles. The van der Waals surface area contributed by atoms with Gasteiger partial charge in [-0.2, -0.15) is 0 Å². The predicted molar refractivity (Wildman–Crippen MR) is 121 cm³/mol. The van der Waals surface area contributed by atoms with E-state index in [4.69, 9.17) is 9.47 Å². The standard InChI is InChI=1S/C24H27BrF2N2O3/c1-24(2,3)32-23(30)29(22-9-18(26)6-7-21(22)27)20-10-19(13-31-14-20)28-11-15-4-5-17(25)8-16(15)12-28/h4-9,19-20H,10-14H2,1-3H3/t19-,20+/m1/s1. The third-order valence-electron chi connectivity index (χ3n) is 5.72. The van der Waals surface area contributed by atoms with Gasteiger partial charge in [-0.1, -0.05) is 22.0 Å². The molecule has 172 valence electrons. The van der Waals surface area contributed by atoms with Crippen LogP contribution in [-0.2, 0) is 22.6 Å². The van der Waals surface area contributed by atoms with Gasteiger partial charge in [0.1, 0.15) is 17.2 Å². The Bertz CT molecular complexity index is 1010. The second-order valence-electron chi connectivity index (χ2n) is 9.34. The molecular weight excluding hydrogens is 482 g/mol. The van der Waals surface area contributed by atoms with E-state index in [2.05, 4.69) is 33.0 Å². The first-order valence-corrected chi connectivity index (χ1v) is 11.5. The van der Waals surface area contributed by atoms with E-state index < -0.39 is 29.4 Å². The van der Waals surface area contributed by atoms with E-state index in [-0.39, 0.29) is 18.3 Å². The van der Waals surface area contributed by atoms with Crippen LogP contribution in [-0.4, -0.2) is 41.9 Å². The van der Waals surface area contributed by atoms with Crippen molar-refractivity contribution in [3.8, 4) is 0 Å². The third kappa shape index (κ3) is 5.13. The van der Waals surface area contributed by atoms with Crippen LogP contribution in [0.4, 0.5) is 19.3 Å². The zero-order chi connectivity index (χ0) is 23.0. The van der Waals surface area contributed by atoms with Gasteiger partial charge in [0, 0.05) is 29.7 Å². The fraction of sp³-hybridized carbons (Fsp3) is 0.458. The lowest BCUT2D eigenvalue weighted by Gasteiger charge is -2.40. The van der Waals surface area contributed by atoms with E-state index in [9.17, 15) is 13.6 Å². The summed E-state index contributed by atoms with van der Waals surface area (Å²) in [5.74, 6) is -1.30. The molecule has 0 spiro atoms. The first-order chi connectivity index (χ1) is 15.1. The van der Waals surface area contributed by atoms with Gasteiger partial charge in [-0.25, -0.2) is 13.6 Å². The summed E-state index contributed by atoms with van der Waals surface area (Å²) in [6, 6.07) is 8.88. The van der Waals surface area contributed by atoms with E-state index in [1.165, 1.54) is 16.0 Å². The highest BCUT2D eigenvalue weighted by Gasteiger charge is 2.38. The molecule has 4 rings (SSSR count). The smallest absolute Gasteiger partial charge is 0.415 e. The van der Waals surface area contributed by atoms with Crippen molar-refractivity contribution < 1.29 is 23.0 Å². The van der Waals surface area contributed by atoms with Crippen molar-refractivity contribution in [3.05, 3.63) is 63.6 Å². The number of rotatable bonds is 3. The number of nitrogens with zero attached hydrogens (tertiary/aromatic N) is 2. The SMILES string of the molecule is CC(C)(C)OC(=O)N(c1cc(F)ccc1F)[C@@H]1COC[C@H](N2Cc3ccc(Br)cc3C2)C1. The summed E-state index contributed by atoms with van der Waals surface area (Å²) in [6.45, 7) is 7.51. The molecule has 0 bridgehead atoms. The van der Waals surface area contributed by atoms with Gasteiger partial charge in [-0.05, 0) is 62.6 Å². The maximum Gasteiger partial charge on any atom is 0.415 e. The topological polar surface area (TPSA) is 42.0 Å². The highest BCUT2D eigenvalue weighted by atomic mass is 79.9. The summed E-state index contributed by atoms with van der Waals surface area (Å²) >= 11 is 3.52. The minimum absolute atomic E-state index is 0.0292. The van der Waals surface area contributed by atoms with Gasteiger partial charge < -0.3 is 9.47 Å². The largest absolute Gasteiger partial charge is 0.443 e. The van der Waals surface area contributed by atoms with Gasteiger partial charge in [0.2, 0.25) is 0 Å². The number of amides is 1. The lowest BCUT2D eigenvalue weighted by atomic mass is 10.0. The average molecular weight is 509 g/mol. The van der Waals surface area contributed by atoms with Crippen LogP contribution >= 0.6 is 15.9 Å². The number of carbonyl (C=O) groups excluding carboxylic acids is 1. The normalized spacial score (nSPS) is 21.3. The van der Waals surface area contributed by atoms with Crippen LogP contribution in [0.15, 0.2) is 40.9 Å². The molecule has 1 fully saturated rings. The maximum absolute atomic E-state index is 14.7. The number of ether oxygens (including phenoxy) is 2. The van der Waals surface area contributed by atoms with Crippen LogP contribution in [0.3, 0.4) is 0 Å². The van der Waals surface area contributed by atoms with Gasteiger partial charge in [-0.3, -0.25) is 9.80 Å². The van der Waals surface area contributed by atoms with Crippen molar-refractivity contribution >= 4 is 27.7 Å². The van der Waals surface area contributed by atoms with Crippen LogP contribution in [0.1, 0.15) is 38.3 Å². The van der Waals surface area contributed by atoms with Gasteiger partial charge in [-0.15, -0.1) is 0 Å². The quantitative estimate of drug-likeness (QED) is 0.537. The molecule has 0 N–H and O–H groups in total. The first-order valence-electron chi connectivity index (χ1n) is 10.7. The molecule has 2 aromatic rings. The van der Waals surface area contributed by atoms with Crippen LogP contribution in [0.5, 0.6) is 0 Å². The van der Waals surface area contributed by atoms with Crippen LogP contribution < -0.4 is 4.90 Å². The molecule has 0 radical (unpaired) electrons. The third-order valence-corrected chi connectivity index (χ3v) is 6.21. The number of hydrogen-bond donors (Lipinski definition) is 0. The number of benzene rings is 2. The van der Waals surface area contributed by atoms with Gasteiger partial charge in [0.25, 0.3) is 0 Å². The van der Waals surface area contributed by atoms with Gasteiger partial charge >= 0.3 is 6.09 Å². The molecule has 0 aromatic heterocycles. The minimum atomic E-state index is -0.780. The molecule has 0 aliphatic carbocycles. The molecule has 8 heteroatoms. The summed E-state index contributed by atoms with van der Waals surface area (Å²) in [7, 11) is 0. The summed E-state index contributed by atoms with van der Waals surface area (Å²) in [6.07, 6.45) is -0.158. The van der Waals surface area contributed by atoms with Crippen molar-refractivity contribution in [1.82, 2.24) is 4.90 Å². The van der Waals surface area contributed by atoms with Gasteiger partial charge in [0.05, 0.1) is 24.9 Å². The van der Waals surface area contributed by atoms with Crippen molar-refractivity contribution in [2.24, 2.45) is 0 Å². The number of hydrogen-bond acceptors (Lipinski definition) is 4. The maximum atomic E-state index is 14.7. The molecular formula is C24H27BrF2N2O3. The Morgan fingerprint density at radius 2 is 1.88 bits per heavy atom. The van der Waals surface area contributed by atoms with Crippen molar-refractivity contribution in [1.29, 1.82) is 0 Å². The number of halogens is 3. The van der Waals surface area contributed by atoms with Crippen LogP contribution in [0.2, 0.25) is 0 Å². The lowest BCUT2D eigenvalue weighted by Crippen LogP contribution is -2.53. The van der Waals surface area contributed by atoms with Crippen molar-refractivity contribution in [3.63, 3.8) is 0 Å². The molecule has 0 unspecified atom stereocenters. The van der Waals surface area contributed by atoms with Crippen molar-refractivity contribution in [2.75, 3.05) is 18.1 Å². The average Bonchev–Trinajstić information content (AvgIpc) is 3.13. The molecule has 5 nitrogen and oxygen atoms in total. The molecule has 2 atom stereocenters. The summed E-state index contributed by atoms with van der Waals surface area (Å²) in [5.41, 5.74) is 1.59. The van der Waals surface area contributed by atoms with E-state index in [0.717, 1.165) is 35.8 Å². The van der Waals surface area contributed by atoms with Crippen LogP contribution in [0, 0.1) is 11.6 Å². The number of carbonyl (C=O) groups is 1. The molecule has 1 amide bonds. The fourth-order valence-electron chi connectivity index (χ4n) is 4.30. The molecule has 1 saturated heterocycles. The van der Waals surface area contributed by atoms with Gasteiger partial charge in [0.15, 0.2) is 0 Å². The fourth-order valence-corrected chi connectivity index (χ4v) is 4.71. The van der Waals surface area contributed by atoms with Crippen LogP contribution in [0.25, 0.3) is 0 Å². The Morgan fingerprint density at radius 1 is 1.12 bits per heavy atom. The minimum Gasteiger partial charge on any atom is -0.443 e. The summed E-state index contributed by atoms with van der Waals surface area (Å²) in [5, 5.41) is 0. The molecule has 32 heavy (non-hydrogen) atoms. The number of anilines is 1. The molecule has 2 aliphatic heterocycles. The van der Waals surface area contributed by atoms with E-state index in [0.29, 0.717) is 13.0 Å². The van der Waals surface area contributed by atoms with E-state index in [1.807, 2.05) is 6.07 Å². The van der Waals surface area contributed by atoms with E-state index >= 15 is 0 Å². The Balaban J connectivity index is 1.58. The second-order valence-corrected chi connectivity index (χ2v) is 10.3. The monoisotopic (exact) mass is 508 g/mol. The first kappa shape index (κ1) is 23.1. The Labute approximate surface area is 195 Å². The molecule has 0 saturated carbocycles. The Morgan fingerprint density at radius 3 is 2.62 bits per heavy atom. The summed E-state index contributed by atoms with van der Waals surface area (Å²) in [4.78, 5) is 16.6.